The molecule has 0 aromatic heterocycles. The molecule has 0 atom stereocenters. The SMILES string of the molecule is N.c1ccc2c(c1)ccc1c3c(ccc12)CCCC3. The minimum atomic E-state index is 0. The molecule has 0 unspecified atom stereocenters. The van der Waals surface area contributed by atoms with Crippen molar-refractivity contribution in [2.45, 2.75) is 25.7 Å². The molecule has 0 radical (unpaired) electrons. The Bertz CT molecular complexity index is 743. The lowest BCUT2D eigenvalue weighted by molar-refractivity contribution is 0.690. The lowest BCUT2D eigenvalue weighted by Crippen LogP contribution is -2.02. The Morgan fingerprint density at radius 3 is 2.37 bits per heavy atom. The second-order valence-corrected chi connectivity index (χ2v) is 5.29. The molecule has 19 heavy (non-hydrogen) atoms. The topological polar surface area (TPSA) is 35.0 Å². The van der Waals surface area contributed by atoms with Crippen molar-refractivity contribution in [3.8, 4) is 0 Å². The zero-order valence-electron chi connectivity index (χ0n) is 11.2. The van der Waals surface area contributed by atoms with Gasteiger partial charge in [0.25, 0.3) is 0 Å². The molecule has 3 N–H and O–H groups in total. The first-order valence-electron chi connectivity index (χ1n) is 6.86. The van der Waals surface area contributed by atoms with E-state index >= 15 is 0 Å². The van der Waals surface area contributed by atoms with Crippen molar-refractivity contribution < 1.29 is 0 Å². The summed E-state index contributed by atoms with van der Waals surface area (Å²) in [5, 5.41) is 5.64. The van der Waals surface area contributed by atoms with Crippen LogP contribution in [0.5, 0.6) is 0 Å². The van der Waals surface area contributed by atoms with Gasteiger partial charge in [-0.25, -0.2) is 0 Å². The van der Waals surface area contributed by atoms with Crippen molar-refractivity contribution >= 4 is 21.5 Å². The quantitative estimate of drug-likeness (QED) is 0.557. The number of fused-ring (bicyclic) bond motifs is 5. The maximum atomic E-state index is 2.35. The lowest BCUT2D eigenvalue weighted by Gasteiger charge is -2.18. The van der Waals surface area contributed by atoms with E-state index in [0.29, 0.717) is 0 Å². The van der Waals surface area contributed by atoms with Crippen LogP contribution >= 0.6 is 0 Å². The van der Waals surface area contributed by atoms with E-state index in [4.69, 9.17) is 0 Å². The van der Waals surface area contributed by atoms with Crippen LogP contribution < -0.4 is 6.15 Å². The summed E-state index contributed by atoms with van der Waals surface area (Å²) in [6.07, 6.45) is 5.22. The molecule has 0 fully saturated rings. The molecule has 0 amide bonds. The van der Waals surface area contributed by atoms with Gasteiger partial charge < -0.3 is 6.15 Å². The minimum Gasteiger partial charge on any atom is -0.344 e. The summed E-state index contributed by atoms with van der Waals surface area (Å²) in [6.45, 7) is 0. The zero-order valence-corrected chi connectivity index (χ0v) is 11.2. The molecule has 0 aliphatic heterocycles. The van der Waals surface area contributed by atoms with E-state index in [1.165, 1.54) is 47.2 Å². The van der Waals surface area contributed by atoms with Gasteiger partial charge in [-0.1, -0.05) is 48.5 Å². The van der Waals surface area contributed by atoms with Crippen LogP contribution in [0.15, 0.2) is 48.5 Å². The highest BCUT2D eigenvalue weighted by atomic mass is 14.2. The van der Waals surface area contributed by atoms with Gasteiger partial charge in [0.05, 0.1) is 0 Å². The molecule has 3 aromatic rings. The maximum Gasteiger partial charge on any atom is -0.0102 e. The minimum absolute atomic E-state index is 0. The van der Waals surface area contributed by atoms with Crippen LogP contribution in [0.3, 0.4) is 0 Å². The third-order valence-corrected chi connectivity index (χ3v) is 4.26. The molecule has 4 rings (SSSR count). The summed E-state index contributed by atoms with van der Waals surface area (Å²) in [5.41, 5.74) is 3.17. The molecule has 1 heteroatoms. The monoisotopic (exact) mass is 249 g/mol. The molecule has 96 valence electrons. The molecule has 0 spiro atoms. The molecule has 0 saturated heterocycles. The van der Waals surface area contributed by atoms with Gasteiger partial charge in [0.1, 0.15) is 0 Å². The molecular formula is C18H19N. The van der Waals surface area contributed by atoms with E-state index in [1.54, 1.807) is 11.1 Å². The van der Waals surface area contributed by atoms with Crippen molar-refractivity contribution in [1.29, 1.82) is 0 Å². The Kier molecular flexibility index (Phi) is 3.00. The van der Waals surface area contributed by atoms with Crippen LogP contribution in [-0.2, 0) is 12.8 Å². The van der Waals surface area contributed by atoms with Crippen LogP contribution in [-0.4, -0.2) is 0 Å². The zero-order chi connectivity index (χ0) is 11.9. The van der Waals surface area contributed by atoms with E-state index in [9.17, 15) is 0 Å². The molecule has 3 aromatic carbocycles. The maximum absolute atomic E-state index is 2.35. The lowest BCUT2D eigenvalue weighted by atomic mass is 9.86. The molecular weight excluding hydrogens is 230 g/mol. The fourth-order valence-corrected chi connectivity index (χ4v) is 3.34. The van der Waals surface area contributed by atoms with Crippen molar-refractivity contribution in [2.75, 3.05) is 0 Å². The largest absolute Gasteiger partial charge is 0.344 e. The predicted octanol–water partition coefficient (Wildman–Crippen LogP) is 5.03. The summed E-state index contributed by atoms with van der Waals surface area (Å²) in [4.78, 5) is 0. The molecule has 1 aliphatic rings. The van der Waals surface area contributed by atoms with Gasteiger partial charge >= 0.3 is 0 Å². The first-order chi connectivity index (χ1) is 8.93. The van der Waals surface area contributed by atoms with Gasteiger partial charge in [0, 0.05) is 0 Å². The summed E-state index contributed by atoms with van der Waals surface area (Å²) in [5.74, 6) is 0. The highest BCUT2D eigenvalue weighted by Crippen LogP contribution is 2.32. The van der Waals surface area contributed by atoms with E-state index < -0.39 is 0 Å². The second-order valence-electron chi connectivity index (χ2n) is 5.29. The van der Waals surface area contributed by atoms with E-state index in [0.717, 1.165) is 0 Å². The number of hydrogen-bond acceptors (Lipinski definition) is 1. The summed E-state index contributed by atoms with van der Waals surface area (Å²) >= 11 is 0. The first-order valence-corrected chi connectivity index (χ1v) is 6.86. The van der Waals surface area contributed by atoms with Gasteiger partial charge in [-0.2, -0.15) is 0 Å². The molecule has 0 bridgehead atoms. The summed E-state index contributed by atoms with van der Waals surface area (Å²) < 4.78 is 0. The Balaban J connectivity index is 0.00000110. The standard InChI is InChI=1S/C18H16.H3N/c1-3-7-15-13(5-1)9-11-18-16-8-4-2-6-14(16)10-12-17(15)18;/h1,3,5,7,9-12H,2,4,6,8H2;1H3. The van der Waals surface area contributed by atoms with Crippen LogP contribution in [0, 0.1) is 0 Å². The Labute approximate surface area is 113 Å². The van der Waals surface area contributed by atoms with E-state index in [2.05, 4.69) is 48.5 Å². The summed E-state index contributed by atoms with van der Waals surface area (Å²) in [7, 11) is 0. The molecule has 0 heterocycles. The fourth-order valence-electron chi connectivity index (χ4n) is 3.34. The fraction of sp³-hybridized carbons (Fsp3) is 0.222. The van der Waals surface area contributed by atoms with Crippen molar-refractivity contribution in [1.82, 2.24) is 6.15 Å². The van der Waals surface area contributed by atoms with Gasteiger partial charge in [0.15, 0.2) is 0 Å². The number of benzene rings is 3. The highest BCUT2D eigenvalue weighted by Gasteiger charge is 2.12. The van der Waals surface area contributed by atoms with Gasteiger partial charge in [-0.05, 0) is 58.4 Å². The predicted molar refractivity (Wildman–Crippen MR) is 83.1 cm³/mol. The number of rotatable bonds is 0. The number of aryl methyl sites for hydroxylation is 2. The van der Waals surface area contributed by atoms with Crippen LogP contribution in [0.25, 0.3) is 21.5 Å². The molecule has 0 saturated carbocycles. The van der Waals surface area contributed by atoms with Crippen molar-refractivity contribution in [3.63, 3.8) is 0 Å². The average Bonchev–Trinajstić information content (AvgIpc) is 2.46. The Morgan fingerprint density at radius 1 is 0.632 bits per heavy atom. The van der Waals surface area contributed by atoms with Crippen molar-refractivity contribution in [3.05, 3.63) is 59.7 Å². The highest BCUT2D eigenvalue weighted by molar-refractivity contribution is 6.08. The first kappa shape index (κ1) is 12.2. The summed E-state index contributed by atoms with van der Waals surface area (Å²) in [6, 6.07) is 18.0. The third kappa shape index (κ3) is 1.82. The van der Waals surface area contributed by atoms with Gasteiger partial charge in [-0.3, -0.25) is 0 Å². The normalized spacial score (nSPS) is 14.1. The molecule has 1 nitrogen and oxygen atoms in total. The third-order valence-electron chi connectivity index (χ3n) is 4.26. The van der Waals surface area contributed by atoms with Crippen LogP contribution in [0.2, 0.25) is 0 Å². The Hall–Kier alpha value is -1.86. The molecule has 1 aliphatic carbocycles. The van der Waals surface area contributed by atoms with Gasteiger partial charge in [0.2, 0.25) is 0 Å². The van der Waals surface area contributed by atoms with E-state index in [-0.39, 0.29) is 6.15 Å². The van der Waals surface area contributed by atoms with Crippen LogP contribution in [0.4, 0.5) is 0 Å². The van der Waals surface area contributed by atoms with Crippen molar-refractivity contribution in [2.24, 2.45) is 0 Å². The van der Waals surface area contributed by atoms with Gasteiger partial charge in [-0.15, -0.1) is 0 Å². The Morgan fingerprint density at radius 2 is 1.42 bits per heavy atom. The number of hydrogen-bond donors (Lipinski definition) is 1. The van der Waals surface area contributed by atoms with Crippen LogP contribution in [0.1, 0.15) is 24.0 Å². The second kappa shape index (κ2) is 4.67. The smallest absolute Gasteiger partial charge is 0.0102 e. The average molecular weight is 249 g/mol. The van der Waals surface area contributed by atoms with E-state index in [1.807, 2.05) is 0 Å².